The topological polar surface area (TPSA) is 86.8 Å². The molecule has 1 atom stereocenters. The molecule has 7 nitrogen and oxygen atoms in total. The smallest absolute Gasteiger partial charge is 0.264 e. The van der Waals surface area contributed by atoms with E-state index in [0.29, 0.717) is 12.2 Å². The number of sulfonamides is 1. The Morgan fingerprint density at radius 3 is 2.00 bits per heavy atom. The molecule has 0 radical (unpaired) electrons. The molecule has 0 saturated heterocycles. The summed E-state index contributed by atoms with van der Waals surface area (Å²) in [5.41, 5.74) is 1.15. The lowest BCUT2D eigenvalue weighted by atomic mass is 10.1. The first kappa shape index (κ1) is 27.9. The van der Waals surface area contributed by atoms with Gasteiger partial charge in [-0.05, 0) is 67.9 Å². The minimum atomic E-state index is -4.07. The zero-order valence-electron chi connectivity index (χ0n) is 19.9. The SMILES string of the molecule is CCNC(=O)[C@@H](C)N(Cc1ccc(Br)cc1)C(=O)CN(c1ccc(Br)cc1)S(=O)(=O)c1ccccc1. The maximum atomic E-state index is 13.7. The molecule has 1 N–H and O–H groups in total. The van der Waals surface area contributed by atoms with Gasteiger partial charge >= 0.3 is 0 Å². The lowest BCUT2D eigenvalue weighted by Crippen LogP contribution is -2.51. The van der Waals surface area contributed by atoms with Crippen molar-refractivity contribution < 1.29 is 18.0 Å². The highest BCUT2D eigenvalue weighted by atomic mass is 79.9. The minimum absolute atomic E-state index is 0.0666. The van der Waals surface area contributed by atoms with Crippen LogP contribution in [0.4, 0.5) is 5.69 Å². The molecule has 0 spiro atoms. The van der Waals surface area contributed by atoms with E-state index in [-0.39, 0.29) is 17.3 Å². The summed E-state index contributed by atoms with van der Waals surface area (Å²) >= 11 is 6.76. The summed E-state index contributed by atoms with van der Waals surface area (Å²) in [4.78, 5) is 27.9. The van der Waals surface area contributed by atoms with Crippen molar-refractivity contribution in [2.45, 2.75) is 31.3 Å². The number of hydrogen-bond acceptors (Lipinski definition) is 4. The number of hydrogen-bond donors (Lipinski definition) is 1. The summed E-state index contributed by atoms with van der Waals surface area (Å²) in [6, 6.07) is 21.2. The summed E-state index contributed by atoms with van der Waals surface area (Å²) in [5.74, 6) is -0.817. The second-order valence-corrected chi connectivity index (χ2v) is 11.7. The van der Waals surface area contributed by atoms with Crippen LogP contribution in [0, 0.1) is 0 Å². The molecule has 0 saturated carbocycles. The van der Waals surface area contributed by atoms with Crippen LogP contribution >= 0.6 is 31.9 Å². The van der Waals surface area contributed by atoms with Gasteiger partial charge in [-0.1, -0.05) is 62.2 Å². The van der Waals surface area contributed by atoms with Gasteiger partial charge in [0, 0.05) is 22.0 Å². The molecule has 0 aliphatic carbocycles. The van der Waals surface area contributed by atoms with E-state index in [1.807, 2.05) is 24.3 Å². The molecular formula is C26H27Br2N3O4S. The van der Waals surface area contributed by atoms with E-state index in [1.165, 1.54) is 17.0 Å². The van der Waals surface area contributed by atoms with Crippen LogP contribution in [0.3, 0.4) is 0 Å². The van der Waals surface area contributed by atoms with Gasteiger partial charge in [-0.2, -0.15) is 0 Å². The van der Waals surface area contributed by atoms with Crippen molar-refractivity contribution in [3.05, 3.63) is 93.4 Å². The van der Waals surface area contributed by atoms with Gasteiger partial charge in [0.25, 0.3) is 10.0 Å². The van der Waals surface area contributed by atoms with Crippen molar-refractivity contribution in [3.63, 3.8) is 0 Å². The van der Waals surface area contributed by atoms with Crippen LogP contribution in [0.2, 0.25) is 0 Å². The second-order valence-electron chi connectivity index (χ2n) is 8.02. The van der Waals surface area contributed by atoms with E-state index in [9.17, 15) is 18.0 Å². The quantitative estimate of drug-likeness (QED) is 0.341. The Kier molecular flexibility index (Phi) is 9.69. The zero-order chi connectivity index (χ0) is 26.3. The molecule has 0 aliphatic rings. The number of anilines is 1. The van der Waals surface area contributed by atoms with E-state index in [2.05, 4.69) is 37.2 Å². The van der Waals surface area contributed by atoms with Gasteiger partial charge in [0.2, 0.25) is 11.8 Å². The molecule has 10 heteroatoms. The Labute approximate surface area is 228 Å². The van der Waals surface area contributed by atoms with Crippen molar-refractivity contribution >= 4 is 59.4 Å². The molecule has 0 bridgehead atoms. The van der Waals surface area contributed by atoms with Crippen molar-refractivity contribution in [1.82, 2.24) is 10.2 Å². The van der Waals surface area contributed by atoms with E-state index >= 15 is 0 Å². The third kappa shape index (κ3) is 6.96. The van der Waals surface area contributed by atoms with Gasteiger partial charge < -0.3 is 10.2 Å². The first-order valence-corrected chi connectivity index (χ1v) is 14.3. The Hall–Kier alpha value is -2.69. The van der Waals surface area contributed by atoms with Crippen LogP contribution in [0.1, 0.15) is 19.4 Å². The summed E-state index contributed by atoms with van der Waals surface area (Å²) in [7, 11) is -4.07. The third-order valence-corrected chi connectivity index (χ3v) is 8.35. The molecule has 3 rings (SSSR count). The predicted molar refractivity (Wildman–Crippen MR) is 148 cm³/mol. The van der Waals surface area contributed by atoms with Crippen LogP contribution in [0.15, 0.2) is 92.7 Å². The highest BCUT2D eigenvalue weighted by Crippen LogP contribution is 2.26. The molecule has 3 aromatic carbocycles. The lowest BCUT2D eigenvalue weighted by Gasteiger charge is -2.32. The standard InChI is InChI=1S/C26H27Br2N3O4S/c1-3-29-26(33)19(2)30(17-20-9-11-21(27)12-10-20)25(32)18-31(23-15-13-22(28)14-16-23)36(34,35)24-7-5-4-6-8-24/h4-16,19H,3,17-18H2,1-2H3,(H,29,33)/t19-/m1/s1. The van der Waals surface area contributed by atoms with Gasteiger partial charge in [0.1, 0.15) is 12.6 Å². The number of carbonyl (C=O) groups is 2. The normalized spacial score (nSPS) is 12.0. The average molecular weight is 637 g/mol. The Morgan fingerprint density at radius 1 is 0.889 bits per heavy atom. The number of nitrogens with one attached hydrogen (secondary N) is 1. The zero-order valence-corrected chi connectivity index (χ0v) is 23.9. The number of amides is 2. The van der Waals surface area contributed by atoms with Gasteiger partial charge in [0.15, 0.2) is 0 Å². The highest BCUT2D eigenvalue weighted by molar-refractivity contribution is 9.10. The second kappa shape index (κ2) is 12.5. The summed E-state index contributed by atoms with van der Waals surface area (Å²) < 4.78 is 30.0. The van der Waals surface area contributed by atoms with Crippen LogP contribution in [0.25, 0.3) is 0 Å². The number of nitrogens with zero attached hydrogens (tertiary/aromatic N) is 2. The number of carbonyl (C=O) groups excluding carboxylic acids is 2. The molecule has 190 valence electrons. The Bertz CT molecular complexity index is 1290. The van der Waals surface area contributed by atoms with Crippen LogP contribution in [0.5, 0.6) is 0 Å². The molecule has 0 unspecified atom stereocenters. The fourth-order valence-corrected chi connectivity index (χ4v) is 5.51. The van der Waals surface area contributed by atoms with Crippen LogP contribution in [-0.4, -0.2) is 44.3 Å². The van der Waals surface area contributed by atoms with Crippen molar-refractivity contribution in [3.8, 4) is 0 Å². The molecule has 0 aromatic heterocycles. The minimum Gasteiger partial charge on any atom is -0.355 e. The molecule has 0 aliphatic heterocycles. The van der Waals surface area contributed by atoms with Crippen molar-refractivity contribution in [2.75, 3.05) is 17.4 Å². The maximum Gasteiger partial charge on any atom is 0.264 e. The first-order valence-electron chi connectivity index (χ1n) is 11.3. The number of rotatable bonds is 10. The Morgan fingerprint density at radius 2 is 1.44 bits per heavy atom. The lowest BCUT2D eigenvalue weighted by molar-refractivity contribution is -0.139. The molecule has 3 aromatic rings. The summed E-state index contributed by atoms with van der Waals surface area (Å²) in [6.45, 7) is 3.52. The fraction of sp³-hybridized carbons (Fsp3) is 0.231. The monoisotopic (exact) mass is 635 g/mol. The average Bonchev–Trinajstić information content (AvgIpc) is 2.87. The third-order valence-electron chi connectivity index (χ3n) is 5.51. The fourth-order valence-electron chi connectivity index (χ4n) is 3.55. The van der Waals surface area contributed by atoms with E-state index in [1.54, 1.807) is 56.3 Å². The van der Waals surface area contributed by atoms with E-state index in [0.717, 1.165) is 18.8 Å². The summed E-state index contributed by atoms with van der Waals surface area (Å²) in [6.07, 6.45) is 0. The van der Waals surface area contributed by atoms with Crippen LogP contribution in [-0.2, 0) is 26.2 Å². The predicted octanol–water partition coefficient (Wildman–Crippen LogP) is 4.96. The molecule has 2 amide bonds. The van der Waals surface area contributed by atoms with Crippen molar-refractivity contribution in [2.24, 2.45) is 0 Å². The molecule has 0 heterocycles. The first-order chi connectivity index (χ1) is 17.1. The van der Waals surface area contributed by atoms with Gasteiger partial charge in [-0.3, -0.25) is 13.9 Å². The van der Waals surface area contributed by atoms with Crippen molar-refractivity contribution in [1.29, 1.82) is 0 Å². The number of halogens is 2. The maximum absolute atomic E-state index is 13.7. The molecule has 36 heavy (non-hydrogen) atoms. The van der Waals surface area contributed by atoms with Gasteiger partial charge in [0.05, 0.1) is 10.6 Å². The van der Waals surface area contributed by atoms with Gasteiger partial charge in [-0.15, -0.1) is 0 Å². The molecular weight excluding hydrogens is 610 g/mol. The largest absolute Gasteiger partial charge is 0.355 e. The van der Waals surface area contributed by atoms with E-state index in [4.69, 9.17) is 0 Å². The Balaban J connectivity index is 2.00. The van der Waals surface area contributed by atoms with Crippen LogP contribution < -0.4 is 9.62 Å². The highest BCUT2D eigenvalue weighted by Gasteiger charge is 2.32. The number of benzene rings is 3. The molecule has 0 fully saturated rings. The van der Waals surface area contributed by atoms with Gasteiger partial charge in [-0.25, -0.2) is 8.42 Å². The van der Waals surface area contributed by atoms with E-state index < -0.39 is 28.5 Å². The summed E-state index contributed by atoms with van der Waals surface area (Å²) in [5, 5.41) is 2.75. The number of likely N-dealkylation sites (N-methyl/N-ethyl adjacent to an activating group) is 1.